The van der Waals surface area contributed by atoms with Gasteiger partial charge >= 0.3 is 0 Å². The molecule has 0 spiro atoms. The molecule has 0 heterocycles. The van der Waals surface area contributed by atoms with E-state index in [1.165, 1.54) is 12.8 Å². The predicted molar refractivity (Wildman–Crippen MR) is 74.0 cm³/mol. The highest BCUT2D eigenvalue weighted by atomic mass is 16.1. The number of hydrogen-bond acceptors (Lipinski definition) is 1. The van der Waals surface area contributed by atoms with Gasteiger partial charge in [-0.2, -0.15) is 0 Å². The Hall–Kier alpha value is -0.330. The van der Waals surface area contributed by atoms with E-state index in [0.29, 0.717) is 11.2 Å². The molecule has 3 unspecified atom stereocenters. The topological polar surface area (TPSA) is 17.1 Å². The Morgan fingerprint density at radius 1 is 1.18 bits per heavy atom. The van der Waals surface area contributed by atoms with Gasteiger partial charge in [-0.15, -0.1) is 0 Å². The lowest BCUT2D eigenvalue weighted by Crippen LogP contribution is -2.39. The monoisotopic (exact) mass is 238 g/mol. The summed E-state index contributed by atoms with van der Waals surface area (Å²) in [4.78, 5) is 11.7. The molecule has 0 bridgehead atoms. The summed E-state index contributed by atoms with van der Waals surface area (Å²) in [6.45, 7) is 11.7. The predicted octanol–water partition coefficient (Wildman–Crippen LogP) is 4.84. The molecule has 0 saturated heterocycles. The highest BCUT2D eigenvalue weighted by molar-refractivity contribution is 5.78. The summed E-state index contributed by atoms with van der Waals surface area (Å²) in [6, 6.07) is 0. The van der Waals surface area contributed by atoms with E-state index in [1.807, 2.05) is 0 Å². The van der Waals surface area contributed by atoms with E-state index in [0.717, 1.165) is 43.4 Å². The summed E-state index contributed by atoms with van der Waals surface area (Å²) < 4.78 is 0. The van der Waals surface area contributed by atoms with Gasteiger partial charge in [0.25, 0.3) is 0 Å². The summed E-state index contributed by atoms with van der Waals surface area (Å²) in [5, 5.41) is 0. The molecule has 0 aromatic rings. The second-order valence-corrected chi connectivity index (χ2v) is 6.71. The van der Waals surface area contributed by atoms with Crippen molar-refractivity contribution in [3.63, 3.8) is 0 Å². The molecular formula is C16H30O. The lowest BCUT2D eigenvalue weighted by molar-refractivity contribution is -0.120. The average Bonchev–Trinajstić information content (AvgIpc) is 2.24. The van der Waals surface area contributed by atoms with E-state index >= 15 is 0 Å². The van der Waals surface area contributed by atoms with E-state index in [-0.39, 0.29) is 0 Å². The molecular weight excluding hydrogens is 208 g/mol. The van der Waals surface area contributed by atoms with Crippen LogP contribution in [0.2, 0.25) is 0 Å². The smallest absolute Gasteiger partial charge is 0.132 e. The van der Waals surface area contributed by atoms with Crippen LogP contribution in [0.4, 0.5) is 0 Å². The molecule has 1 aliphatic rings. The molecule has 0 aromatic heterocycles. The Labute approximate surface area is 107 Å². The highest BCUT2D eigenvalue weighted by Gasteiger charge is 2.41. The summed E-state index contributed by atoms with van der Waals surface area (Å²) in [7, 11) is 0. The molecule has 100 valence electrons. The first-order valence-electron chi connectivity index (χ1n) is 7.41. The molecule has 1 heteroatoms. The van der Waals surface area contributed by atoms with Crippen molar-refractivity contribution in [2.75, 3.05) is 0 Å². The minimum Gasteiger partial charge on any atom is -0.300 e. The molecule has 1 aliphatic carbocycles. The van der Waals surface area contributed by atoms with Crippen molar-refractivity contribution in [1.82, 2.24) is 0 Å². The van der Waals surface area contributed by atoms with Crippen LogP contribution in [0.3, 0.4) is 0 Å². The van der Waals surface area contributed by atoms with Gasteiger partial charge in [0.05, 0.1) is 0 Å². The summed E-state index contributed by atoms with van der Waals surface area (Å²) >= 11 is 0. The van der Waals surface area contributed by atoms with Gasteiger partial charge in [0.2, 0.25) is 0 Å². The van der Waals surface area contributed by atoms with Crippen LogP contribution >= 0.6 is 0 Å². The fraction of sp³-hybridized carbons (Fsp3) is 0.938. The van der Waals surface area contributed by atoms with Gasteiger partial charge in [0.15, 0.2) is 0 Å². The molecule has 3 atom stereocenters. The summed E-state index contributed by atoms with van der Waals surface area (Å²) in [5.74, 6) is 2.78. The molecule has 0 radical (unpaired) electrons. The van der Waals surface area contributed by atoms with E-state index in [1.54, 1.807) is 0 Å². The molecule has 0 aliphatic heterocycles. The molecule has 1 fully saturated rings. The van der Waals surface area contributed by atoms with Gasteiger partial charge in [-0.3, -0.25) is 4.79 Å². The van der Waals surface area contributed by atoms with Crippen LogP contribution in [-0.2, 0) is 4.79 Å². The van der Waals surface area contributed by atoms with Crippen LogP contribution in [0, 0.1) is 23.2 Å². The zero-order valence-electron chi connectivity index (χ0n) is 12.4. The highest BCUT2D eigenvalue weighted by Crippen LogP contribution is 2.49. The van der Waals surface area contributed by atoms with E-state index < -0.39 is 0 Å². The van der Waals surface area contributed by atoms with Crippen molar-refractivity contribution >= 4 is 5.78 Å². The average molecular weight is 238 g/mol. The van der Waals surface area contributed by atoms with Crippen molar-refractivity contribution in [3.8, 4) is 0 Å². The lowest BCUT2D eigenvalue weighted by atomic mass is 9.58. The fourth-order valence-corrected chi connectivity index (χ4v) is 3.56. The zero-order chi connectivity index (χ0) is 13.1. The maximum atomic E-state index is 11.7. The SMILES string of the molecule is CCCC(=O)CCC1C(C)CCC(C)C1(C)C. The Morgan fingerprint density at radius 2 is 1.82 bits per heavy atom. The third kappa shape index (κ3) is 3.56. The van der Waals surface area contributed by atoms with Gasteiger partial charge in [0, 0.05) is 12.8 Å². The number of rotatable bonds is 5. The molecule has 0 aromatic carbocycles. The maximum absolute atomic E-state index is 11.7. The number of carbonyl (C=O) groups excluding carboxylic acids is 1. The Balaban J connectivity index is 2.57. The van der Waals surface area contributed by atoms with Gasteiger partial charge in [-0.05, 0) is 42.4 Å². The van der Waals surface area contributed by atoms with Crippen molar-refractivity contribution in [3.05, 3.63) is 0 Å². The van der Waals surface area contributed by atoms with Crippen molar-refractivity contribution < 1.29 is 4.79 Å². The second kappa shape index (κ2) is 6.02. The quantitative estimate of drug-likeness (QED) is 0.669. The minimum atomic E-state index is 0.407. The Morgan fingerprint density at radius 3 is 2.41 bits per heavy atom. The van der Waals surface area contributed by atoms with Crippen LogP contribution in [0.25, 0.3) is 0 Å². The Bertz CT molecular complexity index is 254. The molecule has 0 amide bonds. The molecule has 0 N–H and O–H groups in total. The van der Waals surface area contributed by atoms with Crippen LogP contribution in [-0.4, -0.2) is 5.78 Å². The van der Waals surface area contributed by atoms with Gasteiger partial charge in [-0.1, -0.05) is 41.0 Å². The van der Waals surface area contributed by atoms with Crippen LogP contribution in [0.15, 0.2) is 0 Å². The van der Waals surface area contributed by atoms with Gasteiger partial charge in [-0.25, -0.2) is 0 Å². The largest absolute Gasteiger partial charge is 0.300 e. The van der Waals surface area contributed by atoms with Gasteiger partial charge in [0.1, 0.15) is 5.78 Å². The van der Waals surface area contributed by atoms with E-state index in [2.05, 4.69) is 34.6 Å². The number of ketones is 1. The third-order valence-corrected chi connectivity index (χ3v) is 5.23. The molecule has 1 saturated carbocycles. The normalized spacial score (nSPS) is 32.4. The van der Waals surface area contributed by atoms with Gasteiger partial charge < -0.3 is 0 Å². The summed E-state index contributed by atoms with van der Waals surface area (Å²) in [6.07, 6.45) is 6.39. The van der Waals surface area contributed by atoms with Crippen LogP contribution in [0.5, 0.6) is 0 Å². The maximum Gasteiger partial charge on any atom is 0.132 e. The molecule has 17 heavy (non-hydrogen) atoms. The zero-order valence-corrected chi connectivity index (χ0v) is 12.4. The standard InChI is InChI=1S/C16H30O/c1-6-7-14(17)10-11-15-12(2)8-9-13(3)16(15,4)5/h12-13,15H,6-11H2,1-5H3. The van der Waals surface area contributed by atoms with Crippen molar-refractivity contribution in [2.24, 2.45) is 23.2 Å². The van der Waals surface area contributed by atoms with Crippen molar-refractivity contribution in [1.29, 1.82) is 0 Å². The lowest BCUT2D eigenvalue weighted by Gasteiger charge is -2.47. The second-order valence-electron chi connectivity index (χ2n) is 6.71. The number of carbonyl (C=O) groups is 1. The van der Waals surface area contributed by atoms with E-state index in [4.69, 9.17) is 0 Å². The first-order valence-corrected chi connectivity index (χ1v) is 7.41. The molecule has 1 nitrogen and oxygen atoms in total. The first kappa shape index (κ1) is 14.7. The fourth-order valence-electron chi connectivity index (χ4n) is 3.56. The van der Waals surface area contributed by atoms with Crippen LogP contribution < -0.4 is 0 Å². The number of hydrogen-bond donors (Lipinski definition) is 0. The summed E-state index contributed by atoms with van der Waals surface area (Å²) in [5.41, 5.74) is 0.407. The number of Topliss-reactive ketones (excluding diaryl/α,β-unsaturated/α-hetero) is 1. The van der Waals surface area contributed by atoms with Crippen molar-refractivity contribution in [2.45, 2.75) is 73.1 Å². The molecule has 1 rings (SSSR count). The third-order valence-electron chi connectivity index (χ3n) is 5.23. The first-order chi connectivity index (χ1) is 7.89. The van der Waals surface area contributed by atoms with E-state index in [9.17, 15) is 4.79 Å². The van der Waals surface area contributed by atoms with Crippen LogP contribution in [0.1, 0.15) is 73.1 Å². The minimum absolute atomic E-state index is 0.407. The Kier molecular flexibility index (Phi) is 5.22.